The van der Waals surface area contributed by atoms with Crippen molar-refractivity contribution in [3.63, 3.8) is 0 Å². The molecule has 0 aliphatic rings. The summed E-state index contributed by atoms with van der Waals surface area (Å²) < 4.78 is 16.3. The van der Waals surface area contributed by atoms with Crippen LogP contribution in [0.2, 0.25) is 0 Å². The molecular formula is C18H19BrN2O5. The second-order valence-corrected chi connectivity index (χ2v) is 5.91. The van der Waals surface area contributed by atoms with E-state index in [9.17, 15) is 9.59 Å². The molecule has 2 N–H and O–H groups in total. The van der Waals surface area contributed by atoms with Crippen molar-refractivity contribution in [3.8, 4) is 17.2 Å². The van der Waals surface area contributed by atoms with Gasteiger partial charge >= 0.3 is 0 Å². The number of nitrogens with one attached hydrogen (secondary N) is 2. The van der Waals surface area contributed by atoms with E-state index in [4.69, 9.17) is 14.2 Å². The summed E-state index contributed by atoms with van der Waals surface area (Å²) in [6, 6.07) is 9.60. The fourth-order valence-electron chi connectivity index (χ4n) is 2.15. The highest BCUT2D eigenvalue weighted by Gasteiger charge is 2.13. The molecule has 0 saturated heterocycles. The topological polar surface area (TPSA) is 85.9 Å². The maximum atomic E-state index is 12.2. The lowest BCUT2D eigenvalue weighted by atomic mass is 10.2. The minimum absolute atomic E-state index is 0.316. The number of hydrogen-bond acceptors (Lipinski definition) is 5. The molecule has 0 atom stereocenters. The molecule has 8 heteroatoms. The summed E-state index contributed by atoms with van der Waals surface area (Å²) in [5.41, 5.74) is 5.42. The average Bonchev–Trinajstić information content (AvgIpc) is 2.66. The third-order valence-corrected chi connectivity index (χ3v) is 4.05. The van der Waals surface area contributed by atoms with Gasteiger partial charge in [0.25, 0.3) is 11.8 Å². The Bertz CT molecular complexity index is 810. The van der Waals surface area contributed by atoms with Gasteiger partial charge in [0.2, 0.25) is 0 Å². The van der Waals surface area contributed by atoms with Crippen molar-refractivity contribution >= 4 is 27.7 Å². The summed E-state index contributed by atoms with van der Waals surface area (Å²) in [5.74, 6) is 0.625. The van der Waals surface area contributed by atoms with Crippen LogP contribution in [-0.4, -0.2) is 32.6 Å². The molecule has 0 heterocycles. The zero-order chi connectivity index (χ0) is 19.1. The highest BCUT2D eigenvalue weighted by atomic mass is 79.9. The van der Waals surface area contributed by atoms with Gasteiger partial charge in [-0.15, -0.1) is 0 Å². The van der Waals surface area contributed by atoms with Gasteiger partial charge in [-0.25, -0.2) is 0 Å². The van der Waals surface area contributed by atoms with Crippen molar-refractivity contribution in [2.24, 2.45) is 0 Å². The van der Waals surface area contributed by atoms with E-state index in [1.165, 1.54) is 20.3 Å². The van der Waals surface area contributed by atoms with E-state index in [1.54, 1.807) is 30.3 Å². The molecule has 0 aromatic heterocycles. The Morgan fingerprint density at radius 1 is 0.885 bits per heavy atom. The van der Waals surface area contributed by atoms with E-state index in [0.29, 0.717) is 39.5 Å². The first kappa shape index (κ1) is 19.6. The Morgan fingerprint density at radius 2 is 1.42 bits per heavy atom. The van der Waals surface area contributed by atoms with E-state index in [1.807, 2.05) is 6.92 Å². The van der Waals surface area contributed by atoms with Crippen LogP contribution >= 0.6 is 15.9 Å². The largest absolute Gasteiger partial charge is 0.493 e. The molecule has 0 aliphatic heterocycles. The Kier molecular flexibility index (Phi) is 6.85. The van der Waals surface area contributed by atoms with Gasteiger partial charge in [0.05, 0.1) is 25.3 Å². The van der Waals surface area contributed by atoms with E-state index < -0.39 is 11.8 Å². The number of carbonyl (C=O) groups is 2. The standard InChI is InChI=1S/C18H19BrN2O5/c1-4-26-14-7-5-11(9-13(14)19)17(22)20-21-18(23)12-6-8-15(24-2)16(10-12)25-3/h5-10H,4H2,1-3H3,(H,20,22)(H,21,23). The molecule has 0 spiro atoms. The first-order valence-corrected chi connectivity index (χ1v) is 8.54. The Labute approximate surface area is 159 Å². The number of methoxy groups -OCH3 is 2. The number of hydrogen-bond donors (Lipinski definition) is 2. The summed E-state index contributed by atoms with van der Waals surface area (Å²) in [6.07, 6.45) is 0. The zero-order valence-corrected chi connectivity index (χ0v) is 16.2. The van der Waals surface area contributed by atoms with Gasteiger partial charge in [-0.1, -0.05) is 0 Å². The number of carbonyl (C=O) groups excluding carboxylic acids is 2. The Hall–Kier alpha value is -2.74. The van der Waals surface area contributed by atoms with Crippen LogP contribution < -0.4 is 25.1 Å². The van der Waals surface area contributed by atoms with Crippen molar-refractivity contribution in [2.75, 3.05) is 20.8 Å². The summed E-state index contributed by atoms with van der Waals surface area (Å²) in [6.45, 7) is 2.39. The third kappa shape index (κ3) is 4.66. The summed E-state index contributed by atoms with van der Waals surface area (Å²) in [5, 5.41) is 0. The first-order valence-electron chi connectivity index (χ1n) is 7.75. The Balaban J connectivity index is 2.03. The lowest BCUT2D eigenvalue weighted by molar-refractivity contribution is 0.0846. The van der Waals surface area contributed by atoms with Crippen molar-refractivity contribution in [3.05, 3.63) is 52.0 Å². The first-order chi connectivity index (χ1) is 12.5. The van der Waals surface area contributed by atoms with Gasteiger partial charge in [0.1, 0.15) is 5.75 Å². The van der Waals surface area contributed by atoms with Gasteiger partial charge in [-0.2, -0.15) is 0 Å². The highest BCUT2D eigenvalue weighted by Crippen LogP contribution is 2.27. The number of ether oxygens (including phenoxy) is 3. The van der Waals surface area contributed by atoms with Crippen LogP contribution in [0.15, 0.2) is 40.9 Å². The quantitative estimate of drug-likeness (QED) is 0.698. The van der Waals surface area contributed by atoms with Gasteiger partial charge in [-0.3, -0.25) is 20.4 Å². The predicted octanol–water partition coefficient (Wildman–Crippen LogP) is 2.94. The van der Waals surface area contributed by atoms with Crippen molar-refractivity contribution in [2.45, 2.75) is 6.92 Å². The van der Waals surface area contributed by atoms with Crippen LogP contribution in [0.1, 0.15) is 27.6 Å². The van der Waals surface area contributed by atoms with Crippen LogP contribution in [-0.2, 0) is 0 Å². The number of amides is 2. The molecule has 0 bridgehead atoms. The lowest BCUT2D eigenvalue weighted by Crippen LogP contribution is -2.41. The molecule has 0 unspecified atom stereocenters. The fraction of sp³-hybridized carbons (Fsp3) is 0.222. The second-order valence-electron chi connectivity index (χ2n) is 5.06. The fourth-order valence-corrected chi connectivity index (χ4v) is 2.64. The number of benzene rings is 2. The molecule has 138 valence electrons. The maximum Gasteiger partial charge on any atom is 0.269 e. The average molecular weight is 423 g/mol. The van der Waals surface area contributed by atoms with Crippen LogP contribution in [0, 0.1) is 0 Å². The molecule has 0 fully saturated rings. The SMILES string of the molecule is CCOc1ccc(C(=O)NNC(=O)c2ccc(OC)c(OC)c2)cc1Br. The summed E-state index contributed by atoms with van der Waals surface area (Å²) in [4.78, 5) is 24.4. The van der Waals surface area contributed by atoms with Crippen molar-refractivity contribution < 1.29 is 23.8 Å². The molecule has 0 saturated carbocycles. The molecule has 2 aromatic rings. The minimum atomic E-state index is -0.482. The smallest absolute Gasteiger partial charge is 0.269 e. The molecule has 0 radical (unpaired) electrons. The molecule has 2 amide bonds. The molecule has 2 rings (SSSR count). The molecule has 0 aliphatic carbocycles. The molecule has 26 heavy (non-hydrogen) atoms. The van der Waals surface area contributed by atoms with E-state index in [0.717, 1.165) is 0 Å². The van der Waals surface area contributed by atoms with E-state index >= 15 is 0 Å². The van der Waals surface area contributed by atoms with Crippen LogP contribution in [0.5, 0.6) is 17.2 Å². The van der Waals surface area contributed by atoms with Crippen LogP contribution in [0.25, 0.3) is 0 Å². The van der Waals surface area contributed by atoms with Crippen molar-refractivity contribution in [1.29, 1.82) is 0 Å². The summed E-state index contributed by atoms with van der Waals surface area (Å²) in [7, 11) is 2.98. The van der Waals surface area contributed by atoms with Crippen LogP contribution in [0.3, 0.4) is 0 Å². The van der Waals surface area contributed by atoms with Crippen molar-refractivity contribution in [1.82, 2.24) is 10.9 Å². The second kappa shape index (κ2) is 9.10. The number of halogens is 1. The number of rotatable bonds is 6. The highest BCUT2D eigenvalue weighted by molar-refractivity contribution is 9.10. The van der Waals surface area contributed by atoms with Gasteiger partial charge < -0.3 is 14.2 Å². The van der Waals surface area contributed by atoms with Gasteiger partial charge in [0.15, 0.2) is 11.5 Å². The predicted molar refractivity (Wildman–Crippen MR) is 99.8 cm³/mol. The molecular weight excluding hydrogens is 404 g/mol. The van der Waals surface area contributed by atoms with E-state index in [2.05, 4.69) is 26.8 Å². The van der Waals surface area contributed by atoms with E-state index in [-0.39, 0.29) is 0 Å². The minimum Gasteiger partial charge on any atom is -0.493 e. The molecule has 2 aromatic carbocycles. The molecule has 7 nitrogen and oxygen atoms in total. The Morgan fingerprint density at radius 3 is 1.92 bits per heavy atom. The third-order valence-electron chi connectivity index (χ3n) is 3.43. The maximum absolute atomic E-state index is 12.2. The zero-order valence-electron chi connectivity index (χ0n) is 14.6. The monoisotopic (exact) mass is 422 g/mol. The van der Waals surface area contributed by atoms with Gasteiger partial charge in [-0.05, 0) is 59.3 Å². The summed E-state index contributed by atoms with van der Waals surface area (Å²) >= 11 is 3.34. The van der Waals surface area contributed by atoms with Gasteiger partial charge in [0, 0.05) is 11.1 Å². The lowest BCUT2D eigenvalue weighted by Gasteiger charge is -2.11. The van der Waals surface area contributed by atoms with Crippen LogP contribution in [0.4, 0.5) is 0 Å². The normalized spacial score (nSPS) is 10.0. The number of hydrazine groups is 1.